The molecule has 0 aromatic heterocycles. The Kier molecular flexibility index (Phi) is 7.32. The van der Waals surface area contributed by atoms with Crippen molar-refractivity contribution in [2.75, 3.05) is 33.2 Å². The molecule has 0 aliphatic rings. The van der Waals surface area contributed by atoms with Gasteiger partial charge < -0.3 is 19.5 Å². The largest absolute Gasteiger partial charge is 0.497 e. The summed E-state index contributed by atoms with van der Waals surface area (Å²) in [6.45, 7) is 2.72. The summed E-state index contributed by atoms with van der Waals surface area (Å²) in [4.78, 5) is 13.3. The van der Waals surface area contributed by atoms with Crippen molar-refractivity contribution < 1.29 is 19.4 Å². The Bertz CT molecular complexity index is 445. The number of alkyl halides is 1. The second kappa shape index (κ2) is 8.74. The van der Waals surface area contributed by atoms with Crippen LogP contribution in [0.5, 0.6) is 11.5 Å². The van der Waals surface area contributed by atoms with Crippen LogP contribution in [0.15, 0.2) is 18.2 Å². The summed E-state index contributed by atoms with van der Waals surface area (Å²) in [5, 5.41) is 10.4. The molecule has 0 radical (unpaired) electrons. The van der Waals surface area contributed by atoms with Gasteiger partial charge in [-0.15, -0.1) is 11.6 Å². The summed E-state index contributed by atoms with van der Waals surface area (Å²) in [6, 6.07) is 5.18. The molecule has 0 fully saturated rings. The van der Waals surface area contributed by atoms with Crippen LogP contribution in [0.2, 0.25) is 0 Å². The first-order valence-electron chi connectivity index (χ1n) is 6.80. The second-order valence-electron chi connectivity index (χ2n) is 4.64. The van der Waals surface area contributed by atoms with Gasteiger partial charge in [-0.1, -0.05) is 6.92 Å². The van der Waals surface area contributed by atoms with Crippen LogP contribution in [0, 0.1) is 0 Å². The number of carbonyl (C=O) groups is 1. The molecule has 0 saturated heterocycles. The maximum Gasteiger partial charge on any atom is 0.237 e. The number of amides is 1. The lowest BCUT2D eigenvalue weighted by atomic mass is 10.1. The molecule has 1 aromatic rings. The van der Waals surface area contributed by atoms with Crippen LogP contribution in [0.1, 0.15) is 25.0 Å². The number of aliphatic hydroxyl groups is 1. The SMILES string of the molecule is CCCN(CC(O)c1cc(OC)cc(OC)c1)C(=O)CCl. The highest BCUT2D eigenvalue weighted by Crippen LogP contribution is 2.27. The van der Waals surface area contributed by atoms with Gasteiger partial charge in [-0.2, -0.15) is 0 Å². The number of hydrogen-bond acceptors (Lipinski definition) is 4. The van der Waals surface area contributed by atoms with E-state index in [1.54, 1.807) is 37.3 Å². The lowest BCUT2D eigenvalue weighted by molar-refractivity contribution is -0.130. The van der Waals surface area contributed by atoms with Crippen LogP contribution in [-0.2, 0) is 4.79 Å². The normalized spacial score (nSPS) is 11.9. The highest BCUT2D eigenvalue weighted by atomic mass is 35.5. The van der Waals surface area contributed by atoms with Crippen molar-refractivity contribution in [3.63, 3.8) is 0 Å². The van der Waals surface area contributed by atoms with E-state index >= 15 is 0 Å². The highest BCUT2D eigenvalue weighted by Gasteiger charge is 2.18. The number of aliphatic hydroxyl groups excluding tert-OH is 1. The molecule has 0 heterocycles. The number of benzene rings is 1. The molecule has 0 aliphatic carbocycles. The fraction of sp³-hybridized carbons (Fsp3) is 0.533. The molecule has 1 atom stereocenters. The Morgan fingerprint density at radius 2 is 1.86 bits per heavy atom. The number of methoxy groups -OCH3 is 2. The van der Waals surface area contributed by atoms with Crippen LogP contribution in [-0.4, -0.2) is 49.1 Å². The number of rotatable bonds is 8. The van der Waals surface area contributed by atoms with Gasteiger partial charge in [0.25, 0.3) is 0 Å². The van der Waals surface area contributed by atoms with Gasteiger partial charge in [0, 0.05) is 12.6 Å². The molecule has 1 rings (SSSR count). The monoisotopic (exact) mass is 315 g/mol. The van der Waals surface area contributed by atoms with Crippen LogP contribution in [0.4, 0.5) is 0 Å². The topological polar surface area (TPSA) is 59.0 Å². The van der Waals surface area contributed by atoms with E-state index in [4.69, 9.17) is 21.1 Å². The number of nitrogens with zero attached hydrogens (tertiary/aromatic N) is 1. The highest BCUT2D eigenvalue weighted by molar-refractivity contribution is 6.27. The summed E-state index contributed by atoms with van der Waals surface area (Å²) in [5.74, 6) is 0.907. The van der Waals surface area contributed by atoms with Crippen LogP contribution in [0.3, 0.4) is 0 Å². The third-order valence-corrected chi connectivity index (χ3v) is 3.34. The van der Waals surface area contributed by atoms with Gasteiger partial charge in [0.1, 0.15) is 17.4 Å². The van der Waals surface area contributed by atoms with E-state index in [-0.39, 0.29) is 18.3 Å². The average Bonchev–Trinajstić information content (AvgIpc) is 2.52. The molecule has 0 bridgehead atoms. The van der Waals surface area contributed by atoms with Gasteiger partial charge in [0.05, 0.1) is 26.9 Å². The molecular weight excluding hydrogens is 294 g/mol. The third kappa shape index (κ3) is 5.10. The standard InChI is InChI=1S/C15H22ClNO4/c1-4-5-17(15(19)9-16)10-14(18)11-6-12(20-2)8-13(7-11)21-3/h6-8,14,18H,4-5,9-10H2,1-3H3. The fourth-order valence-corrected chi connectivity index (χ4v) is 2.18. The number of carbonyl (C=O) groups excluding carboxylic acids is 1. The smallest absolute Gasteiger partial charge is 0.237 e. The Morgan fingerprint density at radius 1 is 1.29 bits per heavy atom. The minimum atomic E-state index is -0.826. The molecule has 0 spiro atoms. The van der Waals surface area contributed by atoms with Gasteiger partial charge in [-0.05, 0) is 24.1 Å². The molecule has 0 saturated carbocycles. The zero-order valence-corrected chi connectivity index (χ0v) is 13.4. The lowest BCUT2D eigenvalue weighted by Crippen LogP contribution is -2.36. The summed E-state index contributed by atoms with van der Waals surface area (Å²) in [7, 11) is 3.09. The lowest BCUT2D eigenvalue weighted by Gasteiger charge is -2.24. The molecule has 118 valence electrons. The molecular formula is C15H22ClNO4. The number of hydrogen-bond donors (Lipinski definition) is 1. The van der Waals surface area contributed by atoms with Gasteiger partial charge in [0.2, 0.25) is 5.91 Å². The molecule has 5 nitrogen and oxygen atoms in total. The van der Waals surface area contributed by atoms with E-state index in [0.29, 0.717) is 23.6 Å². The van der Waals surface area contributed by atoms with Crippen LogP contribution < -0.4 is 9.47 Å². The maximum absolute atomic E-state index is 11.7. The van der Waals surface area contributed by atoms with Crippen molar-refractivity contribution in [3.05, 3.63) is 23.8 Å². The van der Waals surface area contributed by atoms with E-state index < -0.39 is 6.10 Å². The maximum atomic E-state index is 11.7. The molecule has 1 N–H and O–H groups in total. The second-order valence-corrected chi connectivity index (χ2v) is 4.90. The first kappa shape index (κ1) is 17.6. The molecule has 1 amide bonds. The summed E-state index contributed by atoms with van der Waals surface area (Å²) in [5.41, 5.74) is 0.634. The van der Waals surface area contributed by atoms with Gasteiger partial charge in [-0.25, -0.2) is 0 Å². The fourth-order valence-electron chi connectivity index (χ4n) is 2.01. The predicted molar refractivity (Wildman–Crippen MR) is 82.1 cm³/mol. The minimum absolute atomic E-state index is 0.0891. The Labute approximate surface area is 130 Å². The van der Waals surface area contributed by atoms with E-state index in [9.17, 15) is 9.90 Å². The molecule has 1 aromatic carbocycles. The predicted octanol–water partition coefficient (Wildman–Crippen LogP) is 2.21. The van der Waals surface area contributed by atoms with Crippen LogP contribution >= 0.6 is 11.6 Å². The molecule has 21 heavy (non-hydrogen) atoms. The summed E-state index contributed by atoms with van der Waals surface area (Å²) < 4.78 is 10.4. The number of halogens is 1. The zero-order valence-electron chi connectivity index (χ0n) is 12.6. The van der Waals surface area contributed by atoms with E-state index in [1.807, 2.05) is 6.92 Å². The van der Waals surface area contributed by atoms with Crippen LogP contribution in [0.25, 0.3) is 0 Å². The number of ether oxygens (including phenoxy) is 2. The van der Waals surface area contributed by atoms with Crippen molar-refractivity contribution >= 4 is 17.5 Å². The summed E-state index contributed by atoms with van der Waals surface area (Å²) in [6.07, 6.45) is -0.0238. The van der Waals surface area contributed by atoms with E-state index in [2.05, 4.69) is 0 Å². The summed E-state index contributed by atoms with van der Waals surface area (Å²) >= 11 is 5.59. The Hall–Kier alpha value is -1.46. The molecule has 1 unspecified atom stereocenters. The quantitative estimate of drug-likeness (QED) is 0.747. The first-order valence-corrected chi connectivity index (χ1v) is 7.33. The first-order chi connectivity index (χ1) is 10.0. The van der Waals surface area contributed by atoms with E-state index in [1.165, 1.54) is 0 Å². The average molecular weight is 316 g/mol. The van der Waals surface area contributed by atoms with Gasteiger partial charge in [-0.3, -0.25) is 4.79 Å². The van der Waals surface area contributed by atoms with Gasteiger partial charge in [0.15, 0.2) is 0 Å². The van der Waals surface area contributed by atoms with Crippen molar-refractivity contribution in [2.24, 2.45) is 0 Å². The molecule has 0 aliphatic heterocycles. The molecule has 6 heteroatoms. The zero-order chi connectivity index (χ0) is 15.8. The Morgan fingerprint density at radius 3 is 2.29 bits per heavy atom. The van der Waals surface area contributed by atoms with Crippen molar-refractivity contribution in [2.45, 2.75) is 19.4 Å². The van der Waals surface area contributed by atoms with Crippen molar-refractivity contribution in [1.82, 2.24) is 4.90 Å². The Balaban J connectivity index is 2.90. The van der Waals surface area contributed by atoms with E-state index in [0.717, 1.165) is 6.42 Å². The van der Waals surface area contributed by atoms with Gasteiger partial charge >= 0.3 is 0 Å². The minimum Gasteiger partial charge on any atom is -0.497 e. The van der Waals surface area contributed by atoms with Crippen molar-refractivity contribution in [3.8, 4) is 11.5 Å². The third-order valence-electron chi connectivity index (χ3n) is 3.11. The van der Waals surface area contributed by atoms with Crippen molar-refractivity contribution in [1.29, 1.82) is 0 Å².